The third kappa shape index (κ3) is 4.13. The number of rotatable bonds is 6. The van der Waals surface area contributed by atoms with Crippen LogP contribution in [-0.2, 0) is 17.9 Å². The first-order valence-corrected chi connectivity index (χ1v) is 12.7. The van der Waals surface area contributed by atoms with Crippen molar-refractivity contribution < 1.29 is 4.79 Å². The number of hydrogen-bond donors (Lipinski definition) is 0. The van der Waals surface area contributed by atoms with Gasteiger partial charge in [0.1, 0.15) is 6.54 Å². The lowest BCUT2D eigenvalue weighted by Gasteiger charge is -2.22. The average Bonchev–Trinajstić information content (AvgIpc) is 3.31. The maximum Gasteiger partial charge on any atom is 0.331 e. The number of anilines is 2. The molecular formula is C28H26N4O3S. The van der Waals surface area contributed by atoms with Gasteiger partial charge in [-0.15, -0.1) is 0 Å². The Morgan fingerprint density at radius 3 is 2.33 bits per heavy atom. The Labute approximate surface area is 211 Å². The van der Waals surface area contributed by atoms with E-state index >= 15 is 0 Å². The molecule has 0 saturated heterocycles. The molecule has 3 aromatic carbocycles. The van der Waals surface area contributed by atoms with Crippen LogP contribution in [0.25, 0.3) is 21.1 Å². The Hall–Kier alpha value is -4.04. The van der Waals surface area contributed by atoms with Crippen LogP contribution in [0.1, 0.15) is 32.3 Å². The first-order valence-electron chi connectivity index (χ1n) is 11.9. The molecule has 0 aliphatic carbocycles. The fourth-order valence-corrected chi connectivity index (χ4v) is 5.34. The smallest absolute Gasteiger partial charge is 0.284 e. The normalized spacial score (nSPS) is 11.4. The molecule has 0 aliphatic rings. The van der Waals surface area contributed by atoms with E-state index < -0.39 is 5.69 Å². The zero-order valence-corrected chi connectivity index (χ0v) is 21.2. The lowest BCUT2D eigenvalue weighted by molar-refractivity contribution is -0.118. The second-order valence-electron chi connectivity index (χ2n) is 8.87. The van der Waals surface area contributed by atoms with E-state index in [0.717, 1.165) is 20.3 Å². The highest BCUT2D eigenvalue weighted by atomic mass is 32.1. The number of fused-ring (bicyclic) bond motifs is 2. The van der Waals surface area contributed by atoms with Crippen molar-refractivity contribution in [3.8, 4) is 0 Å². The number of para-hydroxylation sites is 2. The molecule has 182 valence electrons. The number of carbonyl (C=O) groups is 1. The molecule has 0 fully saturated rings. The molecule has 0 aliphatic heterocycles. The average molecular weight is 499 g/mol. The molecule has 8 heteroatoms. The summed E-state index contributed by atoms with van der Waals surface area (Å²) in [5, 5.41) is 0.930. The lowest BCUT2D eigenvalue weighted by Crippen LogP contribution is -2.42. The maximum atomic E-state index is 13.9. The number of carbonyl (C=O) groups excluding carboxylic acids is 1. The zero-order valence-electron chi connectivity index (χ0n) is 20.3. The van der Waals surface area contributed by atoms with Crippen molar-refractivity contribution in [1.82, 2.24) is 14.1 Å². The van der Waals surface area contributed by atoms with Gasteiger partial charge in [0.25, 0.3) is 11.5 Å². The third-order valence-electron chi connectivity index (χ3n) is 6.28. The highest BCUT2D eigenvalue weighted by molar-refractivity contribution is 7.22. The van der Waals surface area contributed by atoms with E-state index in [2.05, 4.69) is 13.8 Å². The first-order chi connectivity index (χ1) is 17.4. The van der Waals surface area contributed by atoms with Crippen molar-refractivity contribution in [3.63, 3.8) is 0 Å². The van der Waals surface area contributed by atoms with Gasteiger partial charge in [-0.25, -0.2) is 9.78 Å². The Morgan fingerprint density at radius 1 is 0.944 bits per heavy atom. The Morgan fingerprint density at radius 2 is 1.64 bits per heavy atom. The summed E-state index contributed by atoms with van der Waals surface area (Å²) in [6.07, 6.45) is 0. The molecule has 36 heavy (non-hydrogen) atoms. The van der Waals surface area contributed by atoms with Gasteiger partial charge in [0.2, 0.25) is 0 Å². The molecule has 2 aromatic heterocycles. The topological polar surface area (TPSA) is 77.2 Å². The van der Waals surface area contributed by atoms with Crippen molar-refractivity contribution in [1.29, 1.82) is 0 Å². The number of aromatic nitrogens is 3. The molecule has 0 N–H and O–H groups in total. The van der Waals surface area contributed by atoms with Crippen molar-refractivity contribution in [2.75, 3.05) is 4.90 Å². The van der Waals surface area contributed by atoms with E-state index in [-0.39, 0.29) is 24.6 Å². The van der Waals surface area contributed by atoms with E-state index in [9.17, 15) is 14.4 Å². The molecule has 1 amide bonds. The van der Waals surface area contributed by atoms with Gasteiger partial charge in [-0.1, -0.05) is 61.6 Å². The molecule has 0 atom stereocenters. The van der Waals surface area contributed by atoms with Crippen LogP contribution in [0.4, 0.5) is 10.8 Å². The quantitative estimate of drug-likeness (QED) is 0.319. The summed E-state index contributed by atoms with van der Waals surface area (Å²) in [4.78, 5) is 46.3. The van der Waals surface area contributed by atoms with Crippen LogP contribution >= 0.6 is 11.3 Å². The molecule has 0 bridgehead atoms. The van der Waals surface area contributed by atoms with E-state index in [1.807, 2.05) is 48.5 Å². The molecule has 0 unspecified atom stereocenters. The first kappa shape index (κ1) is 23.7. The largest absolute Gasteiger partial charge is 0.331 e. The van der Waals surface area contributed by atoms with E-state index in [1.54, 1.807) is 36.1 Å². The molecule has 2 heterocycles. The fraction of sp³-hybridized carbons (Fsp3) is 0.214. The summed E-state index contributed by atoms with van der Waals surface area (Å²) in [5.74, 6) is 0.0330. The van der Waals surface area contributed by atoms with Crippen LogP contribution in [0.15, 0.2) is 82.4 Å². The molecule has 5 aromatic rings. The van der Waals surface area contributed by atoms with Gasteiger partial charge in [0.15, 0.2) is 5.13 Å². The third-order valence-corrected chi connectivity index (χ3v) is 7.30. The highest BCUT2D eigenvalue weighted by Crippen LogP contribution is 2.34. The van der Waals surface area contributed by atoms with Crippen LogP contribution in [-0.4, -0.2) is 20.0 Å². The second-order valence-corrected chi connectivity index (χ2v) is 9.88. The van der Waals surface area contributed by atoms with E-state index in [0.29, 0.717) is 27.6 Å². The van der Waals surface area contributed by atoms with Gasteiger partial charge >= 0.3 is 5.69 Å². The van der Waals surface area contributed by atoms with E-state index in [4.69, 9.17) is 4.98 Å². The Balaban J connectivity index is 1.65. The summed E-state index contributed by atoms with van der Waals surface area (Å²) in [5.41, 5.74) is 2.21. The standard InChI is InChI=1S/C28H26N4O3S/c1-4-30-26(34)21-9-5-7-11-23(21)31(28(30)35)17-25(33)32(20-15-13-19(14-16-20)18(2)3)27-29-22-10-6-8-12-24(22)36-27/h5-16,18H,4,17H2,1-3H3. The Bertz CT molecular complexity index is 1660. The Kier molecular flexibility index (Phi) is 6.28. The zero-order chi connectivity index (χ0) is 25.4. The number of nitrogens with zero attached hydrogens (tertiary/aromatic N) is 4. The van der Waals surface area contributed by atoms with E-state index in [1.165, 1.54) is 15.9 Å². The molecule has 0 saturated carbocycles. The summed E-state index contributed by atoms with van der Waals surface area (Å²) < 4.78 is 3.51. The SMILES string of the molecule is CCn1c(=O)c2ccccc2n(CC(=O)N(c2ccc(C(C)C)cc2)c2nc3ccccc3s2)c1=O. The van der Waals surface area contributed by atoms with Crippen molar-refractivity contribution in [3.05, 3.63) is 99.2 Å². The predicted molar refractivity (Wildman–Crippen MR) is 145 cm³/mol. The predicted octanol–water partition coefficient (Wildman–Crippen LogP) is 5.28. The maximum absolute atomic E-state index is 13.9. The van der Waals surface area contributed by atoms with Gasteiger partial charge in [0.05, 0.1) is 26.8 Å². The second kappa shape index (κ2) is 9.54. The van der Waals surface area contributed by atoms with Gasteiger partial charge in [0, 0.05) is 6.54 Å². The van der Waals surface area contributed by atoms with Crippen LogP contribution in [0.3, 0.4) is 0 Å². The summed E-state index contributed by atoms with van der Waals surface area (Å²) >= 11 is 1.42. The number of hydrogen-bond acceptors (Lipinski definition) is 5. The summed E-state index contributed by atoms with van der Waals surface area (Å²) in [6, 6.07) is 22.5. The van der Waals surface area contributed by atoms with Gasteiger partial charge < -0.3 is 0 Å². The van der Waals surface area contributed by atoms with Crippen LogP contribution in [0.5, 0.6) is 0 Å². The minimum atomic E-state index is -0.506. The molecule has 7 nitrogen and oxygen atoms in total. The van der Waals surface area contributed by atoms with Gasteiger partial charge in [-0.05, 0) is 54.8 Å². The minimum Gasteiger partial charge on any atom is -0.284 e. The summed E-state index contributed by atoms with van der Waals surface area (Å²) in [7, 11) is 0. The van der Waals surface area contributed by atoms with Crippen LogP contribution in [0, 0.1) is 0 Å². The van der Waals surface area contributed by atoms with Crippen molar-refractivity contribution >= 4 is 49.2 Å². The number of thiazole rings is 1. The van der Waals surface area contributed by atoms with Crippen LogP contribution in [0.2, 0.25) is 0 Å². The highest BCUT2D eigenvalue weighted by Gasteiger charge is 2.24. The molecule has 0 radical (unpaired) electrons. The number of amides is 1. The van der Waals surface area contributed by atoms with Gasteiger partial charge in [-0.2, -0.15) is 0 Å². The van der Waals surface area contributed by atoms with Gasteiger partial charge in [-0.3, -0.25) is 23.6 Å². The van der Waals surface area contributed by atoms with Crippen LogP contribution < -0.4 is 16.1 Å². The molecular weight excluding hydrogens is 472 g/mol. The van der Waals surface area contributed by atoms with Crippen molar-refractivity contribution in [2.45, 2.75) is 39.8 Å². The van der Waals surface area contributed by atoms with Crippen molar-refractivity contribution in [2.24, 2.45) is 0 Å². The monoisotopic (exact) mass is 498 g/mol. The fourth-order valence-electron chi connectivity index (χ4n) is 4.33. The lowest BCUT2D eigenvalue weighted by atomic mass is 10.0. The molecule has 5 rings (SSSR count). The molecule has 0 spiro atoms. The summed E-state index contributed by atoms with van der Waals surface area (Å²) in [6.45, 7) is 5.96. The minimum absolute atomic E-state index is 0.217. The number of benzene rings is 3.